The van der Waals surface area contributed by atoms with Crippen LogP contribution in [-0.2, 0) is 0 Å². The second kappa shape index (κ2) is 3.84. The van der Waals surface area contributed by atoms with Crippen molar-refractivity contribution < 1.29 is 0 Å². The Balaban J connectivity index is 1.89. The van der Waals surface area contributed by atoms with Gasteiger partial charge in [0.25, 0.3) is 0 Å². The zero-order chi connectivity index (χ0) is 10.2. The molecule has 1 heteroatoms. The molecular formula is C13H25N. The van der Waals surface area contributed by atoms with E-state index in [9.17, 15) is 0 Å². The molecule has 0 radical (unpaired) electrons. The maximum atomic E-state index is 2.65. The van der Waals surface area contributed by atoms with E-state index < -0.39 is 0 Å². The monoisotopic (exact) mass is 195 g/mol. The van der Waals surface area contributed by atoms with Gasteiger partial charge < -0.3 is 4.90 Å². The molecule has 0 aromatic heterocycles. The Morgan fingerprint density at radius 3 is 2.50 bits per heavy atom. The fraction of sp³-hybridized carbons (Fsp3) is 1.00. The van der Waals surface area contributed by atoms with E-state index in [4.69, 9.17) is 0 Å². The predicted octanol–water partition coefficient (Wildman–Crippen LogP) is 3.30. The molecule has 2 fully saturated rings. The van der Waals surface area contributed by atoms with Crippen molar-refractivity contribution in [2.24, 2.45) is 11.3 Å². The van der Waals surface area contributed by atoms with Crippen molar-refractivity contribution in [3.63, 3.8) is 0 Å². The van der Waals surface area contributed by atoms with Crippen molar-refractivity contribution in [2.75, 3.05) is 13.1 Å². The van der Waals surface area contributed by atoms with Crippen molar-refractivity contribution in [1.82, 2.24) is 4.90 Å². The largest absolute Gasteiger partial charge is 0.301 e. The van der Waals surface area contributed by atoms with Gasteiger partial charge in [0.2, 0.25) is 0 Å². The fourth-order valence-corrected chi connectivity index (χ4v) is 3.30. The van der Waals surface area contributed by atoms with Gasteiger partial charge in [0, 0.05) is 12.6 Å². The van der Waals surface area contributed by atoms with Crippen molar-refractivity contribution >= 4 is 0 Å². The summed E-state index contributed by atoms with van der Waals surface area (Å²) in [5.74, 6) is 1.03. The second-order valence-electron chi connectivity index (χ2n) is 5.63. The van der Waals surface area contributed by atoms with Gasteiger partial charge >= 0.3 is 0 Å². The summed E-state index contributed by atoms with van der Waals surface area (Å²) in [4.78, 5) is 2.65. The summed E-state index contributed by atoms with van der Waals surface area (Å²) in [5, 5.41) is 0. The summed E-state index contributed by atoms with van der Waals surface area (Å²) < 4.78 is 0. The van der Waals surface area contributed by atoms with Crippen molar-refractivity contribution in [3.05, 3.63) is 0 Å². The zero-order valence-electron chi connectivity index (χ0n) is 10.1. The van der Waals surface area contributed by atoms with Gasteiger partial charge in [-0.1, -0.05) is 13.3 Å². The van der Waals surface area contributed by atoms with Gasteiger partial charge in [-0.2, -0.15) is 0 Å². The van der Waals surface area contributed by atoms with E-state index in [1.165, 1.54) is 45.2 Å². The molecule has 2 rings (SSSR count). The lowest BCUT2D eigenvalue weighted by Gasteiger charge is -2.30. The number of rotatable bonds is 4. The van der Waals surface area contributed by atoms with Crippen LogP contribution >= 0.6 is 0 Å². The molecule has 0 amide bonds. The first-order chi connectivity index (χ1) is 6.68. The predicted molar refractivity (Wildman–Crippen MR) is 61.4 cm³/mol. The average molecular weight is 195 g/mol. The SMILES string of the molecule is CCN(CC1CCCC12CC2)C(C)C. The summed E-state index contributed by atoms with van der Waals surface area (Å²) >= 11 is 0. The van der Waals surface area contributed by atoms with Gasteiger partial charge in [-0.15, -0.1) is 0 Å². The lowest BCUT2D eigenvalue weighted by molar-refractivity contribution is 0.169. The molecule has 0 aromatic carbocycles. The van der Waals surface area contributed by atoms with Crippen molar-refractivity contribution in [1.29, 1.82) is 0 Å². The summed E-state index contributed by atoms with van der Waals surface area (Å²) in [7, 11) is 0. The molecule has 2 aliphatic carbocycles. The van der Waals surface area contributed by atoms with Gasteiger partial charge in [0.15, 0.2) is 0 Å². The van der Waals surface area contributed by atoms with Gasteiger partial charge in [-0.05, 0) is 57.4 Å². The molecule has 14 heavy (non-hydrogen) atoms. The maximum Gasteiger partial charge on any atom is 0.00385 e. The second-order valence-corrected chi connectivity index (χ2v) is 5.63. The highest BCUT2D eigenvalue weighted by molar-refractivity contribution is 5.03. The van der Waals surface area contributed by atoms with E-state index in [-0.39, 0.29) is 0 Å². The number of hydrogen-bond donors (Lipinski definition) is 0. The maximum absolute atomic E-state index is 2.65. The molecule has 0 aliphatic heterocycles. The van der Waals surface area contributed by atoms with E-state index in [2.05, 4.69) is 25.7 Å². The van der Waals surface area contributed by atoms with Crippen LogP contribution in [-0.4, -0.2) is 24.0 Å². The topological polar surface area (TPSA) is 3.24 Å². The first-order valence-corrected chi connectivity index (χ1v) is 6.42. The molecule has 0 aromatic rings. The highest BCUT2D eigenvalue weighted by Gasteiger charge is 2.51. The lowest BCUT2D eigenvalue weighted by Crippen LogP contribution is -2.36. The van der Waals surface area contributed by atoms with Crippen LogP contribution < -0.4 is 0 Å². The molecule has 1 spiro atoms. The first-order valence-electron chi connectivity index (χ1n) is 6.42. The van der Waals surface area contributed by atoms with Crippen molar-refractivity contribution in [3.8, 4) is 0 Å². The molecule has 1 atom stereocenters. The van der Waals surface area contributed by atoms with Gasteiger partial charge in [-0.3, -0.25) is 0 Å². The summed E-state index contributed by atoms with van der Waals surface area (Å²) in [5.41, 5.74) is 0.836. The normalized spacial score (nSPS) is 29.4. The smallest absolute Gasteiger partial charge is 0.00385 e. The third kappa shape index (κ3) is 1.84. The van der Waals surface area contributed by atoms with E-state index in [0.717, 1.165) is 17.4 Å². The molecule has 2 aliphatic rings. The van der Waals surface area contributed by atoms with E-state index in [1.54, 1.807) is 0 Å². The Morgan fingerprint density at radius 2 is 2.00 bits per heavy atom. The van der Waals surface area contributed by atoms with Gasteiger partial charge in [-0.25, -0.2) is 0 Å². The van der Waals surface area contributed by atoms with Crippen LogP contribution in [0.15, 0.2) is 0 Å². The van der Waals surface area contributed by atoms with Crippen LogP contribution in [0.4, 0.5) is 0 Å². The minimum atomic E-state index is 0.733. The Hall–Kier alpha value is -0.0400. The average Bonchev–Trinajstić information content (AvgIpc) is 2.79. The van der Waals surface area contributed by atoms with E-state index in [1.807, 2.05) is 0 Å². The standard InChI is InChI=1S/C13H25N/c1-4-14(11(2)3)10-12-6-5-7-13(12)8-9-13/h11-12H,4-10H2,1-3H3. The van der Waals surface area contributed by atoms with Crippen molar-refractivity contribution in [2.45, 2.75) is 58.9 Å². The molecule has 0 saturated heterocycles. The van der Waals surface area contributed by atoms with Crippen LogP contribution in [0.2, 0.25) is 0 Å². The molecule has 1 unspecified atom stereocenters. The summed E-state index contributed by atoms with van der Waals surface area (Å²) in [6.45, 7) is 9.56. The Morgan fingerprint density at radius 1 is 1.29 bits per heavy atom. The summed E-state index contributed by atoms with van der Waals surface area (Å²) in [6.07, 6.45) is 7.61. The molecule has 0 bridgehead atoms. The number of hydrogen-bond acceptors (Lipinski definition) is 1. The Labute approximate surface area is 88.9 Å². The fourth-order valence-electron chi connectivity index (χ4n) is 3.30. The lowest BCUT2D eigenvalue weighted by atomic mass is 9.92. The Bertz CT molecular complexity index is 193. The molecule has 1 nitrogen and oxygen atoms in total. The van der Waals surface area contributed by atoms with Crippen LogP contribution in [0.1, 0.15) is 52.9 Å². The minimum Gasteiger partial charge on any atom is -0.301 e. The Kier molecular flexibility index (Phi) is 2.88. The van der Waals surface area contributed by atoms with Gasteiger partial charge in [0.1, 0.15) is 0 Å². The van der Waals surface area contributed by atoms with Crippen LogP contribution in [0, 0.1) is 11.3 Å². The third-order valence-corrected chi connectivity index (χ3v) is 4.58. The molecular weight excluding hydrogens is 170 g/mol. The zero-order valence-corrected chi connectivity index (χ0v) is 10.1. The highest BCUT2D eigenvalue weighted by Crippen LogP contribution is 2.61. The third-order valence-electron chi connectivity index (χ3n) is 4.58. The van der Waals surface area contributed by atoms with E-state index >= 15 is 0 Å². The number of nitrogens with zero attached hydrogens (tertiary/aromatic N) is 1. The summed E-state index contributed by atoms with van der Waals surface area (Å²) in [6, 6.07) is 0.733. The quantitative estimate of drug-likeness (QED) is 0.665. The van der Waals surface area contributed by atoms with Crippen LogP contribution in [0.5, 0.6) is 0 Å². The van der Waals surface area contributed by atoms with E-state index in [0.29, 0.717) is 0 Å². The molecule has 2 saturated carbocycles. The van der Waals surface area contributed by atoms with Crippen LogP contribution in [0.3, 0.4) is 0 Å². The molecule has 0 heterocycles. The molecule has 0 N–H and O–H groups in total. The first kappa shape index (κ1) is 10.5. The molecule has 82 valence electrons. The minimum absolute atomic E-state index is 0.733. The van der Waals surface area contributed by atoms with Crippen LogP contribution in [0.25, 0.3) is 0 Å². The highest BCUT2D eigenvalue weighted by atomic mass is 15.1. The van der Waals surface area contributed by atoms with Gasteiger partial charge in [0.05, 0.1) is 0 Å².